The van der Waals surface area contributed by atoms with Crippen molar-refractivity contribution in [1.29, 1.82) is 0 Å². The summed E-state index contributed by atoms with van der Waals surface area (Å²) in [5, 5.41) is 7.19. The van der Waals surface area contributed by atoms with E-state index in [2.05, 4.69) is 66.7 Å². The van der Waals surface area contributed by atoms with Crippen LogP contribution in [0.15, 0.2) is 73.1 Å². The lowest BCUT2D eigenvalue weighted by atomic mass is 10.0. The number of amides is 1. The third-order valence-corrected chi connectivity index (χ3v) is 8.76. The maximum atomic E-state index is 12.3. The van der Waals surface area contributed by atoms with Crippen LogP contribution in [0.3, 0.4) is 0 Å². The molecule has 0 spiro atoms. The molecule has 2 aromatic heterocycles. The predicted octanol–water partition coefficient (Wildman–Crippen LogP) is 6.21. The number of hydrogen-bond acceptors (Lipinski definition) is 7. The number of carbonyl (C=O) groups is 1. The Kier molecular flexibility index (Phi) is 9.10. The van der Waals surface area contributed by atoms with Crippen molar-refractivity contribution >= 4 is 45.5 Å². The van der Waals surface area contributed by atoms with Crippen LogP contribution in [-0.4, -0.2) is 79.5 Å². The van der Waals surface area contributed by atoms with Gasteiger partial charge in [-0.3, -0.25) is 4.57 Å². The molecule has 2 N–H and O–H groups in total. The highest BCUT2D eigenvalue weighted by Crippen LogP contribution is 2.31. The number of carbonyl (C=O) groups excluding carboxylic acids is 1. The first kappa shape index (κ1) is 29.0. The van der Waals surface area contributed by atoms with Crippen molar-refractivity contribution in [2.45, 2.75) is 38.6 Å². The van der Waals surface area contributed by atoms with E-state index in [1.54, 1.807) is 17.8 Å². The molecule has 0 bridgehead atoms. The molecule has 0 unspecified atom stereocenters. The van der Waals surface area contributed by atoms with Gasteiger partial charge in [-0.05, 0) is 100 Å². The van der Waals surface area contributed by atoms with Gasteiger partial charge in [0.05, 0.1) is 12.1 Å². The predicted molar refractivity (Wildman–Crippen MR) is 175 cm³/mol. The van der Waals surface area contributed by atoms with Crippen LogP contribution in [0, 0.1) is 0 Å². The molecule has 0 atom stereocenters. The lowest BCUT2D eigenvalue weighted by Crippen LogP contribution is -2.43. The van der Waals surface area contributed by atoms with Crippen LogP contribution in [0.25, 0.3) is 10.9 Å². The van der Waals surface area contributed by atoms with Crippen molar-refractivity contribution in [2.24, 2.45) is 0 Å². The number of rotatable bonds is 10. The van der Waals surface area contributed by atoms with Gasteiger partial charge in [0.2, 0.25) is 0 Å². The Hall–Kier alpha value is -4.08. The highest BCUT2D eigenvalue weighted by Gasteiger charge is 2.26. The maximum absolute atomic E-state index is 12.3. The largest absolute Gasteiger partial charge is 0.380 e. The van der Waals surface area contributed by atoms with Crippen LogP contribution in [0.2, 0.25) is 0 Å². The number of hydrogen-bond donors (Lipinski definition) is 2. The van der Waals surface area contributed by atoms with Crippen LogP contribution in [0.4, 0.5) is 33.4 Å². The van der Waals surface area contributed by atoms with Crippen molar-refractivity contribution in [3.63, 3.8) is 0 Å². The summed E-state index contributed by atoms with van der Waals surface area (Å²) in [7, 11) is 1.64. The molecule has 9 nitrogen and oxygen atoms in total. The number of likely N-dealkylation sites (tertiary alicyclic amines) is 1. The van der Waals surface area contributed by atoms with E-state index in [-0.39, 0.29) is 6.03 Å². The highest BCUT2D eigenvalue weighted by atomic mass is 16.5. The Morgan fingerprint density at radius 3 is 2.49 bits per heavy atom. The molecular formula is C34H43N7O2. The molecule has 2 aromatic carbocycles. The Balaban J connectivity index is 1.15. The van der Waals surface area contributed by atoms with E-state index in [0.717, 1.165) is 52.9 Å². The van der Waals surface area contributed by atoms with Crippen molar-refractivity contribution in [2.75, 3.05) is 68.1 Å². The Morgan fingerprint density at radius 1 is 0.977 bits per heavy atom. The molecule has 2 aliphatic rings. The second-order valence-electron chi connectivity index (χ2n) is 11.4. The Bertz CT molecular complexity index is 1500. The third-order valence-electron chi connectivity index (χ3n) is 8.76. The number of pyridine rings is 1. The normalized spacial score (nSPS) is 16.1. The van der Waals surface area contributed by atoms with Gasteiger partial charge >= 0.3 is 6.03 Å². The summed E-state index contributed by atoms with van der Waals surface area (Å²) in [5.74, 6) is 0.782. The van der Waals surface area contributed by atoms with Crippen LogP contribution in [-0.2, 0) is 4.74 Å². The van der Waals surface area contributed by atoms with Gasteiger partial charge in [0.15, 0.2) is 0 Å². The quantitative estimate of drug-likeness (QED) is 0.216. The van der Waals surface area contributed by atoms with E-state index in [4.69, 9.17) is 4.74 Å². The first-order chi connectivity index (χ1) is 21.1. The van der Waals surface area contributed by atoms with Gasteiger partial charge in [-0.2, -0.15) is 0 Å². The number of ether oxygens (including phenoxy) is 1. The third kappa shape index (κ3) is 6.63. The second kappa shape index (κ2) is 13.5. The molecule has 2 saturated heterocycles. The van der Waals surface area contributed by atoms with Crippen LogP contribution >= 0.6 is 0 Å². The number of aromatic nitrogens is 2. The molecule has 226 valence electrons. The molecule has 0 saturated carbocycles. The zero-order valence-corrected chi connectivity index (χ0v) is 25.3. The number of nitrogens with one attached hydrogen (secondary N) is 2. The van der Waals surface area contributed by atoms with E-state index in [9.17, 15) is 4.79 Å². The van der Waals surface area contributed by atoms with Crippen LogP contribution < -0.4 is 20.4 Å². The number of piperidine rings is 1. The zero-order valence-electron chi connectivity index (χ0n) is 25.3. The maximum Gasteiger partial charge on any atom is 0.325 e. The fraction of sp³-hybridized carbons (Fsp3) is 0.412. The molecule has 2 fully saturated rings. The van der Waals surface area contributed by atoms with Gasteiger partial charge < -0.3 is 30.1 Å². The van der Waals surface area contributed by atoms with Crippen molar-refractivity contribution in [1.82, 2.24) is 19.8 Å². The van der Waals surface area contributed by atoms with E-state index < -0.39 is 0 Å². The van der Waals surface area contributed by atoms with Crippen molar-refractivity contribution in [3.05, 3.63) is 73.1 Å². The molecule has 2 aliphatic heterocycles. The number of nitrogens with zero attached hydrogens (tertiary/aromatic N) is 5. The van der Waals surface area contributed by atoms with Gasteiger partial charge in [-0.15, -0.1) is 0 Å². The van der Waals surface area contributed by atoms with Crippen LogP contribution in [0.5, 0.6) is 0 Å². The number of benzene rings is 2. The Labute approximate surface area is 254 Å². The standard InChI is InChI=1S/C34H43N7O2/c1-3-43-23-22-40(30-10-11-32-26(24-30)13-21-41(32)34(42)35-2)31-12-16-36-33(25-31)37-27-6-8-28(9-7-27)39-19-14-29(15-20-39)38-17-4-5-18-38/h6-13,16,21,24-25,29H,3-5,14-15,17-20,22-23H2,1-2H3,(H,35,42)(H,36,37). The molecule has 1 amide bonds. The summed E-state index contributed by atoms with van der Waals surface area (Å²) in [6, 6.07) is 21.5. The van der Waals surface area contributed by atoms with Gasteiger partial charge in [0.25, 0.3) is 0 Å². The van der Waals surface area contributed by atoms with E-state index in [1.807, 2.05) is 37.4 Å². The molecule has 0 aliphatic carbocycles. The SMILES string of the molecule is CCOCCN(c1ccnc(Nc2ccc(N3CCC(N4CCCC4)CC3)cc2)c1)c1ccc2c(ccn2C(=O)NC)c1. The average Bonchev–Trinajstić information content (AvgIpc) is 3.74. The van der Waals surface area contributed by atoms with Gasteiger partial charge in [-0.25, -0.2) is 9.78 Å². The summed E-state index contributed by atoms with van der Waals surface area (Å²) >= 11 is 0. The molecule has 0 radical (unpaired) electrons. The summed E-state index contributed by atoms with van der Waals surface area (Å²) in [4.78, 5) is 24.3. The number of fused-ring (bicyclic) bond motifs is 1. The van der Waals surface area contributed by atoms with E-state index in [0.29, 0.717) is 19.8 Å². The van der Waals surface area contributed by atoms with E-state index >= 15 is 0 Å². The minimum absolute atomic E-state index is 0.157. The second-order valence-corrected chi connectivity index (χ2v) is 11.4. The minimum atomic E-state index is -0.157. The summed E-state index contributed by atoms with van der Waals surface area (Å²) in [6.45, 7) is 8.76. The van der Waals surface area contributed by atoms with Gasteiger partial charge in [0, 0.05) is 85.9 Å². The summed E-state index contributed by atoms with van der Waals surface area (Å²) in [6.07, 6.45) is 8.87. The van der Waals surface area contributed by atoms with Gasteiger partial charge in [-0.1, -0.05) is 0 Å². The lowest BCUT2D eigenvalue weighted by molar-refractivity contribution is 0.155. The first-order valence-electron chi connectivity index (χ1n) is 15.6. The molecule has 43 heavy (non-hydrogen) atoms. The van der Waals surface area contributed by atoms with E-state index in [1.165, 1.54) is 44.5 Å². The molecule has 6 rings (SSSR count). The summed E-state index contributed by atoms with van der Waals surface area (Å²) in [5.41, 5.74) is 5.20. The monoisotopic (exact) mass is 581 g/mol. The highest BCUT2D eigenvalue weighted by molar-refractivity contribution is 5.93. The Morgan fingerprint density at radius 2 is 1.74 bits per heavy atom. The smallest absolute Gasteiger partial charge is 0.325 e. The molecule has 4 aromatic rings. The topological polar surface area (TPSA) is 77.9 Å². The zero-order chi connectivity index (χ0) is 29.6. The van der Waals surface area contributed by atoms with Gasteiger partial charge in [0.1, 0.15) is 5.82 Å². The van der Waals surface area contributed by atoms with Crippen LogP contribution in [0.1, 0.15) is 32.6 Å². The molecule has 9 heteroatoms. The average molecular weight is 582 g/mol. The lowest BCUT2D eigenvalue weighted by Gasteiger charge is -2.37. The fourth-order valence-corrected chi connectivity index (χ4v) is 6.46. The van der Waals surface area contributed by atoms with Crippen molar-refractivity contribution in [3.8, 4) is 0 Å². The molecular weight excluding hydrogens is 538 g/mol. The minimum Gasteiger partial charge on any atom is -0.380 e. The first-order valence-corrected chi connectivity index (χ1v) is 15.6. The fourth-order valence-electron chi connectivity index (χ4n) is 6.46. The van der Waals surface area contributed by atoms with Crippen molar-refractivity contribution < 1.29 is 9.53 Å². The molecule has 4 heterocycles. The number of anilines is 5. The summed E-state index contributed by atoms with van der Waals surface area (Å²) < 4.78 is 7.35.